The van der Waals surface area contributed by atoms with E-state index in [-0.39, 0.29) is 11.9 Å². The van der Waals surface area contributed by atoms with E-state index in [9.17, 15) is 4.79 Å². The van der Waals surface area contributed by atoms with E-state index in [1.165, 1.54) is 0 Å². The van der Waals surface area contributed by atoms with E-state index >= 15 is 0 Å². The number of carbonyl (C=O) groups is 1. The predicted molar refractivity (Wildman–Crippen MR) is 40.9 cm³/mol. The second-order valence-electron chi connectivity index (χ2n) is 1.67. The van der Waals surface area contributed by atoms with Gasteiger partial charge >= 0.3 is 0 Å². The Labute approximate surface area is 68.8 Å². The first-order valence-corrected chi connectivity index (χ1v) is 3.23. The summed E-state index contributed by atoms with van der Waals surface area (Å²) in [6.07, 6.45) is 0.0255. The third-order valence-electron chi connectivity index (χ3n) is 0.761. The van der Waals surface area contributed by atoms with E-state index in [0.29, 0.717) is 0 Å². The van der Waals surface area contributed by atoms with Gasteiger partial charge in [-0.1, -0.05) is 0 Å². The Balaban J connectivity index is 0. The lowest BCUT2D eigenvalue weighted by molar-refractivity contribution is -0.118. The highest BCUT2D eigenvalue weighted by Crippen LogP contribution is 2.07. The first kappa shape index (κ1) is 12.6. The summed E-state index contributed by atoms with van der Waals surface area (Å²) < 4.78 is 0. The summed E-state index contributed by atoms with van der Waals surface area (Å²) in [5, 5.41) is 0. The normalized spacial score (nSPS) is 12.4. The number of alkyl halides is 2. The smallest absolute Gasteiger partial charge is 0.219 e. The second-order valence-corrected chi connectivity index (χ2v) is 2.83. The number of nitrogens with two attached hydrogens (primary N) is 2. The lowest BCUT2D eigenvalue weighted by atomic mass is 10.2. The zero-order valence-corrected chi connectivity index (χ0v) is 6.69. The molecule has 1 amide bonds. The summed E-state index contributed by atoms with van der Waals surface area (Å²) in [6.45, 7) is 0. The Morgan fingerprint density at radius 3 is 2.00 bits per heavy atom. The summed E-state index contributed by atoms with van der Waals surface area (Å²) in [6, 6.07) is -0.550. The van der Waals surface area contributed by atoms with E-state index in [1.54, 1.807) is 0 Å². The maximum absolute atomic E-state index is 10.1. The number of rotatable bonds is 3. The molecule has 4 nitrogen and oxygen atoms in total. The lowest BCUT2D eigenvalue weighted by Gasteiger charge is -2.07. The molecule has 1 unspecified atom stereocenters. The molecule has 62 valence electrons. The zero-order valence-electron chi connectivity index (χ0n) is 5.18. The van der Waals surface area contributed by atoms with Crippen LogP contribution in [0.15, 0.2) is 0 Å². The van der Waals surface area contributed by atoms with Gasteiger partial charge in [0.15, 0.2) is 0 Å². The molecule has 0 heterocycles. The van der Waals surface area contributed by atoms with Crippen LogP contribution in [-0.4, -0.2) is 22.3 Å². The van der Waals surface area contributed by atoms with E-state index in [1.807, 2.05) is 0 Å². The molecule has 0 aliphatic rings. The van der Waals surface area contributed by atoms with Crippen LogP contribution < -0.4 is 11.5 Å². The third kappa shape index (κ3) is 6.10. The summed E-state index contributed by atoms with van der Waals surface area (Å²) in [4.78, 5) is 9.41. The van der Waals surface area contributed by atoms with Crippen molar-refractivity contribution in [2.24, 2.45) is 11.5 Å². The van der Waals surface area contributed by atoms with Gasteiger partial charge in [0.05, 0.1) is 0 Å². The van der Waals surface area contributed by atoms with Crippen LogP contribution in [-0.2, 0) is 4.79 Å². The van der Waals surface area contributed by atoms with Gasteiger partial charge in [-0.3, -0.25) is 4.79 Å². The van der Waals surface area contributed by atoms with Crippen molar-refractivity contribution in [2.45, 2.75) is 17.3 Å². The lowest BCUT2D eigenvalue weighted by Crippen LogP contribution is -2.32. The molecule has 1 atom stereocenters. The van der Waals surface area contributed by atoms with Crippen LogP contribution in [0.1, 0.15) is 6.42 Å². The molecule has 0 bridgehead atoms. The molecule has 0 saturated heterocycles. The highest BCUT2D eigenvalue weighted by Gasteiger charge is 2.13. The average molecular weight is 189 g/mol. The molecule has 0 aliphatic heterocycles. The van der Waals surface area contributed by atoms with Gasteiger partial charge in [-0.25, -0.2) is 0 Å². The molecule has 0 aliphatic carbocycles. The first-order chi connectivity index (χ1) is 4.04. The van der Waals surface area contributed by atoms with Crippen molar-refractivity contribution < 1.29 is 10.3 Å². The van der Waals surface area contributed by atoms with E-state index in [4.69, 9.17) is 34.7 Å². The highest BCUT2D eigenvalue weighted by atomic mass is 35.5. The third-order valence-corrected chi connectivity index (χ3v) is 1.41. The molecule has 0 aromatic heterocycles. The minimum Gasteiger partial charge on any atom is -0.412 e. The second kappa shape index (κ2) is 5.73. The van der Waals surface area contributed by atoms with Crippen LogP contribution in [0.25, 0.3) is 0 Å². The number of primary amides is 1. The number of hydrogen-bond acceptors (Lipinski definition) is 2. The molecule has 0 rings (SSSR count). The Morgan fingerprint density at radius 2 is 1.90 bits per heavy atom. The SMILES string of the molecule is NC(=O)CC(N)C(Cl)Cl.O. The average Bonchev–Trinajstić information content (AvgIpc) is 1.63. The Bertz CT molecular complexity index is 109. The Hall–Kier alpha value is -0.0300. The fourth-order valence-electron chi connectivity index (χ4n) is 0.321. The minimum absolute atomic E-state index is 0. The number of carbonyl (C=O) groups excluding carboxylic acids is 1. The van der Waals surface area contributed by atoms with Gasteiger partial charge in [-0.15, -0.1) is 23.2 Å². The zero-order chi connectivity index (χ0) is 7.44. The number of amides is 1. The van der Waals surface area contributed by atoms with Gasteiger partial charge in [0, 0.05) is 12.5 Å². The van der Waals surface area contributed by atoms with Crippen LogP contribution >= 0.6 is 23.2 Å². The van der Waals surface area contributed by atoms with Crippen molar-refractivity contribution in [1.29, 1.82) is 0 Å². The van der Waals surface area contributed by atoms with Gasteiger partial charge in [0.2, 0.25) is 5.91 Å². The van der Waals surface area contributed by atoms with Gasteiger partial charge in [0.1, 0.15) is 4.84 Å². The first-order valence-electron chi connectivity index (χ1n) is 2.36. The van der Waals surface area contributed by atoms with Crippen LogP contribution in [0.2, 0.25) is 0 Å². The molecule has 6 N–H and O–H groups in total. The van der Waals surface area contributed by atoms with Gasteiger partial charge in [0.25, 0.3) is 0 Å². The Morgan fingerprint density at radius 1 is 1.50 bits per heavy atom. The highest BCUT2D eigenvalue weighted by molar-refractivity contribution is 6.44. The maximum Gasteiger partial charge on any atom is 0.219 e. The topological polar surface area (TPSA) is 101 Å². The van der Waals surface area contributed by atoms with Crippen molar-refractivity contribution >= 4 is 29.1 Å². The van der Waals surface area contributed by atoms with Crippen molar-refractivity contribution in [3.63, 3.8) is 0 Å². The van der Waals surface area contributed by atoms with Crippen LogP contribution in [0.5, 0.6) is 0 Å². The molecule has 0 aromatic rings. The number of hydrogen-bond donors (Lipinski definition) is 2. The van der Waals surface area contributed by atoms with Crippen molar-refractivity contribution in [3.8, 4) is 0 Å². The standard InChI is InChI=1S/C4H8Cl2N2O.H2O/c5-4(6)2(7)1-3(8)9;/h2,4H,1,7H2,(H2,8,9);1H2. The van der Waals surface area contributed by atoms with Gasteiger partial charge in [-0.05, 0) is 0 Å². The van der Waals surface area contributed by atoms with Gasteiger partial charge in [-0.2, -0.15) is 0 Å². The molecule has 10 heavy (non-hydrogen) atoms. The molecule has 0 saturated carbocycles. The molecule has 6 heteroatoms. The molecular weight excluding hydrogens is 179 g/mol. The molecule has 0 radical (unpaired) electrons. The molecule has 0 aromatic carbocycles. The van der Waals surface area contributed by atoms with E-state index in [0.717, 1.165) is 0 Å². The number of halogens is 2. The minimum atomic E-state index is -0.725. The monoisotopic (exact) mass is 188 g/mol. The summed E-state index contributed by atoms with van der Waals surface area (Å²) in [5.41, 5.74) is 10.0. The van der Waals surface area contributed by atoms with Gasteiger partial charge < -0.3 is 16.9 Å². The van der Waals surface area contributed by atoms with Crippen LogP contribution in [0.3, 0.4) is 0 Å². The summed E-state index contributed by atoms with van der Waals surface area (Å²) in [5.74, 6) is -0.492. The Kier molecular flexibility index (Phi) is 7.24. The van der Waals surface area contributed by atoms with E-state index < -0.39 is 16.8 Å². The predicted octanol–water partition coefficient (Wildman–Crippen LogP) is -0.832. The molecule has 0 spiro atoms. The van der Waals surface area contributed by atoms with Crippen molar-refractivity contribution in [1.82, 2.24) is 0 Å². The fourth-order valence-corrected chi connectivity index (χ4v) is 0.500. The quantitative estimate of drug-likeness (QED) is 0.566. The fraction of sp³-hybridized carbons (Fsp3) is 0.750. The van der Waals surface area contributed by atoms with Crippen LogP contribution in [0, 0.1) is 0 Å². The largest absolute Gasteiger partial charge is 0.412 e. The summed E-state index contributed by atoms with van der Waals surface area (Å²) >= 11 is 10.6. The van der Waals surface area contributed by atoms with E-state index in [2.05, 4.69) is 0 Å². The molecular formula is C4H10Cl2N2O2. The van der Waals surface area contributed by atoms with Crippen molar-refractivity contribution in [2.75, 3.05) is 0 Å². The summed E-state index contributed by atoms with van der Waals surface area (Å²) in [7, 11) is 0. The molecule has 0 fully saturated rings. The van der Waals surface area contributed by atoms with Crippen molar-refractivity contribution in [3.05, 3.63) is 0 Å². The van der Waals surface area contributed by atoms with Crippen LogP contribution in [0.4, 0.5) is 0 Å². The maximum atomic E-state index is 10.1.